The van der Waals surface area contributed by atoms with Crippen molar-refractivity contribution in [3.63, 3.8) is 0 Å². The van der Waals surface area contributed by atoms with Crippen LogP contribution in [0, 0.1) is 11.7 Å². The molecule has 1 heterocycles. The fraction of sp³-hybridized carbons (Fsp3) is 0.321. The Bertz CT molecular complexity index is 1070. The first-order valence-corrected chi connectivity index (χ1v) is 11.7. The van der Waals surface area contributed by atoms with E-state index in [2.05, 4.69) is 10.2 Å². The van der Waals surface area contributed by atoms with Crippen molar-refractivity contribution in [2.24, 2.45) is 5.92 Å². The van der Waals surface area contributed by atoms with E-state index in [0.717, 1.165) is 43.8 Å². The molecule has 1 aliphatic heterocycles. The SMILES string of the molecule is COc1cccc([C@@H](NC(=O)C2CCN(CCOc3ccccc3)CC2)c2ccccc2F)c1. The zero-order chi connectivity index (χ0) is 23.8. The van der Waals surface area contributed by atoms with Crippen LogP contribution in [0.3, 0.4) is 0 Å². The summed E-state index contributed by atoms with van der Waals surface area (Å²) in [6.45, 7) is 3.11. The highest BCUT2D eigenvalue weighted by Crippen LogP contribution is 2.28. The number of methoxy groups -OCH3 is 1. The van der Waals surface area contributed by atoms with Gasteiger partial charge in [0.15, 0.2) is 0 Å². The molecule has 1 fully saturated rings. The van der Waals surface area contributed by atoms with Gasteiger partial charge in [-0.15, -0.1) is 0 Å². The Labute approximate surface area is 200 Å². The molecule has 5 nitrogen and oxygen atoms in total. The van der Waals surface area contributed by atoms with E-state index >= 15 is 0 Å². The number of hydrogen-bond donors (Lipinski definition) is 1. The second-order valence-electron chi connectivity index (χ2n) is 8.52. The number of halogens is 1. The van der Waals surface area contributed by atoms with Gasteiger partial charge in [-0.25, -0.2) is 4.39 Å². The number of para-hydroxylation sites is 1. The first kappa shape index (κ1) is 23.8. The van der Waals surface area contributed by atoms with E-state index in [1.807, 2.05) is 54.6 Å². The number of likely N-dealkylation sites (tertiary alicyclic amines) is 1. The van der Waals surface area contributed by atoms with E-state index in [9.17, 15) is 9.18 Å². The van der Waals surface area contributed by atoms with Crippen LogP contribution in [0.2, 0.25) is 0 Å². The molecular formula is C28H31FN2O3. The van der Waals surface area contributed by atoms with E-state index in [-0.39, 0.29) is 17.6 Å². The van der Waals surface area contributed by atoms with Gasteiger partial charge in [-0.2, -0.15) is 0 Å². The van der Waals surface area contributed by atoms with Gasteiger partial charge in [-0.3, -0.25) is 9.69 Å². The minimum Gasteiger partial charge on any atom is -0.497 e. The zero-order valence-electron chi connectivity index (χ0n) is 19.5. The summed E-state index contributed by atoms with van der Waals surface area (Å²) < 4.78 is 25.8. The Morgan fingerprint density at radius 2 is 1.71 bits per heavy atom. The highest BCUT2D eigenvalue weighted by Gasteiger charge is 2.28. The highest BCUT2D eigenvalue weighted by molar-refractivity contribution is 5.79. The van der Waals surface area contributed by atoms with Crippen LogP contribution in [0.25, 0.3) is 0 Å². The average molecular weight is 463 g/mol. The van der Waals surface area contributed by atoms with Crippen molar-refractivity contribution in [1.82, 2.24) is 10.2 Å². The number of carbonyl (C=O) groups excluding carboxylic acids is 1. The Balaban J connectivity index is 1.36. The molecule has 0 spiro atoms. The van der Waals surface area contributed by atoms with Crippen LogP contribution >= 0.6 is 0 Å². The number of nitrogens with one attached hydrogen (secondary N) is 1. The molecule has 0 radical (unpaired) electrons. The van der Waals surface area contributed by atoms with Crippen molar-refractivity contribution < 1.29 is 18.7 Å². The Kier molecular flexibility index (Phi) is 8.15. The van der Waals surface area contributed by atoms with Crippen LogP contribution in [0.15, 0.2) is 78.9 Å². The molecule has 0 saturated carbocycles. The number of ether oxygens (including phenoxy) is 2. The second-order valence-corrected chi connectivity index (χ2v) is 8.52. The van der Waals surface area contributed by atoms with E-state index in [1.54, 1.807) is 25.3 Å². The summed E-state index contributed by atoms with van der Waals surface area (Å²) in [5.74, 6) is 1.04. The predicted molar refractivity (Wildman–Crippen MR) is 130 cm³/mol. The van der Waals surface area contributed by atoms with Crippen LogP contribution < -0.4 is 14.8 Å². The fourth-order valence-corrected chi connectivity index (χ4v) is 4.36. The zero-order valence-corrected chi connectivity index (χ0v) is 19.5. The maximum Gasteiger partial charge on any atom is 0.223 e. The third-order valence-corrected chi connectivity index (χ3v) is 6.31. The molecular weight excluding hydrogens is 431 g/mol. The van der Waals surface area contributed by atoms with Crippen molar-refractivity contribution in [1.29, 1.82) is 0 Å². The first-order chi connectivity index (χ1) is 16.6. The van der Waals surface area contributed by atoms with Gasteiger partial charge in [0.1, 0.15) is 23.9 Å². The molecule has 1 N–H and O–H groups in total. The van der Waals surface area contributed by atoms with Gasteiger partial charge in [0.25, 0.3) is 0 Å². The van der Waals surface area contributed by atoms with E-state index in [0.29, 0.717) is 17.9 Å². The van der Waals surface area contributed by atoms with Crippen LogP contribution in [0.4, 0.5) is 4.39 Å². The number of rotatable bonds is 9. The van der Waals surface area contributed by atoms with Crippen LogP contribution in [-0.4, -0.2) is 44.2 Å². The molecule has 1 aliphatic rings. The minimum atomic E-state index is -0.582. The van der Waals surface area contributed by atoms with Crippen molar-refractivity contribution in [3.8, 4) is 11.5 Å². The third kappa shape index (κ3) is 6.14. The number of nitrogens with zero attached hydrogens (tertiary/aromatic N) is 1. The number of hydrogen-bond acceptors (Lipinski definition) is 4. The van der Waals surface area contributed by atoms with Crippen LogP contribution in [0.5, 0.6) is 11.5 Å². The summed E-state index contributed by atoms with van der Waals surface area (Å²) in [6.07, 6.45) is 1.53. The first-order valence-electron chi connectivity index (χ1n) is 11.7. The third-order valence-electron chi connectivity index (χ3n) is 6.31. The topological polar surface area (TPSA) is 50.8 Å². The van der Waals surface area contributed by atoms with Gasteiger partial charge in [0.05, 0.1) is 13.2 Å². The highest BCUT2D eigenvalue weighted by atomic mass is 19.1. The molecule has 3 aromatic rings. The molecule has 1 amide bonds. The Morgan fingerprint density at radius 1 is 1.00 bits per heavy atom. The fourth-order valence-electron chi connectivity index (χ4n) is 4.36. The molecule has 178 valence electrons. The largest absolute Gasteiger partial charge is 0.497 e. The lowest BCUT2D eigenvalue weighted by Gasteiger charge is -2.32. The van der Waals surface area contributed by atoms with Gasteiger partial charge < -0.3 is 14.8 Å². The monoisotopic (exact) mass is 462 g/mol. The van der Waals surface area contributed by atoms with Gasteiger partial charge in [0, 0.05) is 18.0 Å². The minimum absolute atomic E-state index is 0.0451. The number of amides is 1. The number of piperidine rings is 1. The molecule has 0 aromatic heterocycles. The summed E-state index contributed by atoms with van der Waals surface area (Å²) in [6, 6.07) is 23.2. The number of carbonyl (C=O) groups is 1. The lowest BCUT2D eigenvalue weighted by atomic mass is 9.93. The van der Waals surface area contributed by atoms with Gasteiger partial charge in [-0.1, -0.05) is 48.5 Å². The van der Waals surface area contributed by atoms with Crippen molar-refractivity contribution in [2.75, 3.05) is 33.4 Å². The normalized spacial score (nSPS) is 15.5. The van der Waals surface area contributed by atoms with E-state index in [4.69, 9.17) is 9.47 Å². The molecule has 0 aliphatic carbocycles. The van der Waals surface area contributed by atoms with Gasteiger partial charge >= 0.3 is 0 Å². The Hall–Kier alpha value is -3.38. The van der Waals surface area contributed by atoms with Gasteiger partial charge in [-0.05, 0) is 61.8 Å². The number of benzene rings is 3. The molecule has 0 unspecified atom stereocenters. The summed E-state index contributed by atoms with van der Waals surface area (Å²) in [7, 11) is 1.59. The van der Waals surface area contributed by atoms with E-state index in [1.165, 1.54) is 6.07 Å². The molecule has 1 atom stereocenters. The van der Waals surface area contributed by atoms with Crippen molar-refractivity contribution >= 4 is 5.91 Å². The quantitative estimate of drug-likeness (QED) is 0.495. The van der Waals surface area contributed by atoms with Crippen LogP contribution in [0.1, 0.15) is 30.0 Å². The summed E-state index contributed by atoms with van der Waals surface area (Å²) in [5.41, 5.74) is 1.23. The second kappa shape index (κ2) is 11.7. The molecule has 34 heavy (non-hydrogen) atoms. The van der Waals surface area contributed by atoms with Crippen molar-refractivity contribution in [2.45, 2.75) is 18.9 Å². The van der Waals surface area contributed by atoms with E-state index < -0.39 is 6.04 Å². The summed E-state index contributed by atoms with van der Waals surface area (Å²) >= 11 is 0. The maximum atomic E-state index is 14.7. The average Bonchev–Trinajstić information content (AvgIpc) is 2.89. The molecule has 6 heteroatoms. The maximum absolute atomic E-state index is 14.7. The Morgan fingerprint density at radius 3 is 2.44 bits per heavy atom. The molecule has 3 aromatic carbocycles. The smallest absolute Gasteiger partial charge is 0.223 e. The standard InChI is InChI=1S/C28H31FN2O3/c1-33-24-11-7-8-22(20-24)27(25-12-5-6-13-26(25)29)30-28(32)21-14-16-31(17-15-21)18-19-34-23-9-3-2-4-10-23/h2-13,20-21,27H,14-19H2,1H3,(H,30,32)/t27-/m1/s1. The predicted octanol–water partition coefficient (Wildman–Crippen LogP) is 4.83. The lowest BCUT2D eigenvalue weighted by Crippen LogP contribution is -2.43. The lowest BCUT2D eigenvalue weighted by molar-refractivity contribution is -0.127. The summed E-state index contributed by atoms with van der Waals surface area (Å²) in [5, 5.41) is 3.11. The molecule has 1 saturated heterocycles. The molecule has 0 bridgehead atoms. The van der Waals surface area contributed by atoms with Crippen LogP contribution in [-0.2, 0) is 4.79 Å². The molecule has 4 rings (SSSR count). The summed E-state index contributed by atoms with van der Waals surface area (Å²) in [4.78, 5) is 15.5. The van der Waals surface area contributed by atoms with Gasteiger partial charge in [0.2, 0.25) is 5.91 Å². The van der Waals surface area contributed by atoms with Crippen molar-refractivity contribution in [3.05, 3.63) is 95.8 Å².